The zero-order chi connectivity index (χ0) is 16.1. The largest absolute Gasteiger partial charge is 0.741 e. The summed E-state index contributed by atoms with van der Waals surface area (Å²) in [6.07, 6.45) is 1.03. The number of halogens is 3. The van der Waals surface area contributed by atoms with Gasteiger partial charge in [-0.15, -0.1) is 0 Å². The molecule has 0 bridgehead atoms. The fourth-order valence-electron chi connectivity index (χ4n) is 0.374. The summed E-state index contributed by atoms with van der Waals surface area (Å²) >= 11 is 0. The summed E-state index contributed by atoms with van der Waals surface area (Å²) in [6, 6.07) is 0. The van der Waals surface area contributed by atoms with Crippen molar-refractivity contribution < 1.29 is 40.2 Å². The molecule has 6 nitrogen and oxygen atoms in total. The second-order valence-corrected chi connectivity index (χ2v) is 5.63. The lowest BCUT2D eigenvalue weighted by Crippen LogP contribution is -2.45. The molecule has 0 fully saturated rings. The molecule has 0 saturated heterocycles. The van der Waals surface area contributed by atoms with Gasteiger partial charge in [-0.25, -0.2) is 13.2 Å². The van der Waals surface area contributed by atoms with Gasteiger partial charge in [0.2, 0.25) is 6.23 Å². The first-order valence-electron chi connectivity index (χ1n) is 4.79. The molecular weight excluding hydrogens is 291 g/mol. The zero-order valence-electron chi connectivity index (χ0n) is 10.9. The van der Waals surface area contributed by atoms with Crippen LogP contribution in [0.4, 0.5) is 13.2 Å². The molecule has 10 heteroatoms. The number of hydrogen-bond donors (Lipinski definition) is 0. The topological polar surface area (TPSA) is 83.5 Å². The number of ether oxygens (including phenoxy) is 1. The van der Waals surface area contributed by atoms with Crippen LogP contribution in [0.5, 0.6) is 0 Å². The van der Waals surface area contributed by atoms with Crippen LogP contribution in [-0.2, 0) is 19.6 Å². The lowest BCUT2D eigenvalue weighted by atomic mass is 10.5. The van der Waals surface area contributed by atoms with Crippen molar-refractivity contribution in [2.45, 2.75) is 18.7 Å². The molecule has 0 spiro atoms. The molecule has 0 aromatic heterocycles. The number of rotatable bonds is 3. The van der Waals surface area contributed by atoms with E-state index in [0.29, 0.717) is 4.48 Å². The van der Waals surface area contributed by atoms with Crippen molar-refractivity contribution in [2.75, 3.05) is 21.1 Å². The van der Waals surface area contributed by atoms with E-state index in [4.69, 9.17) is 17.7 Å². The molecule has 0 aliphatic carbocycles. The Morgan fingerprint density at radius 1 is 1.37 bits per heavy atom. The van der Waals surface area contributed by atoms with E-state index in [1.807, 2.05) is 28.1 Å². The van der Waals surface area contributed by atoms with E-state index in [2.05, 4.69) is 6.58 Å². The minimum atomic E-state index is -6.09. The fourth-order valence-corrected chi connectivity index (χ4v) is 0.374. The Morgan fingerprint density at radius 3 is 1.84 bits per heavy atom. The Labute approximate surface area is 109 Å². The first kappa shape index (κ1) is 20.2. The molecule has 0 N–H and O–H groups in total. The normalized spacial score (nSPS) is 13.9. The van der Waals surface area contributed by atoms with Gasteiger partial charge in [0.1, 0.15) is 0 Å². The molecule has 1 atom stereocenters. The van der Waals surface area contributed by atoms with Gasteiger partial charge >= 0.3 is 11.5 Å². The average Bonchev–Trinajstić information content (AvgIpc) is 2.13. The highest BCUT2D eigenvalue weighted by atomic mass is 32.2. The molecule has 0 aliphatic rings. The lowest BCUT2D eigenvalue weighted by molar-refractivity contribution is -0.914. The van der Waals surface area contributed by atoms with Gasteiger partial charge in [-0.3, -0.25) is 4.48 Å². The maximum atomic E-state index is 10.7. The van der Waals surface area contributed by atoms with Crippen LogP contribution >= 0.6 is 0 Å². The van der Waals surface area contributed by atoms with Crippen LogP contribution in [0.25, 0.3) is 0 Å². The van der Waals surface area contributed by atoms with E-state index in [0.717, 1.165) is 0 Å². The maximum absolute atomic E-state index is 10.7. The highest BCUT2D eigenvalue weighted by Gasteiger charge is 2.36. The summed E-state index contributed by atoms with van der Waals surface area (Å²) in [4.78, 5) is 10.7. The molecule has 0 radical (unpaired) electrons. The quantitative estimate of drug-likeness (QED) is 0.192. The van der Waals surface area contributed by atoms with E-state index in [1.54, 1.807) is 0 Å². The van der Waals surface area contributed by atoms with E-state index in [1.165, 1.54) is 6.08 Å². The van der Waals surface area contributed by atoms with Gasteiger partial charge in [-0.1, -0.05) is 6.58 Å². The first-order chi connectivity index (χ1) is 8.13. The minimum Gasteiger partial charge on any atom is -0.741 e. The van der Waals surface area contributed by atoms with Gasteiger partial charge < -0.3 is 9.29 Å². The number of hydrogen-bond acceptors (Lipinski definition) is 5. The number of carbonyl (C=O) groups is 1. The maximum Gasteiger partial charge on any atom is 0.485 e. The van der Waals surface area contributed by atoms with Crippen LogP contribution in [-0.4, -0.2) is 56.3 Å². The van der Waals surface area contributed by atoms with Crippen molar-refractivity contribution in [1.82, 2.24) is 0 Å². The van der Waals surface area contributed by atoms with Gasteiger partial charge in [0, 0.05) is 13.0 Å². The molecule has 1 unspecified atom stereocenters. The molecule has 0 rings (SSSR count). The molecule has 114 valence electrons. The van der Waals surface area contributed by atoms with Crippen molar-refractivity contribution in [3.05, 3.63) is 12.7 Å². The summed E-state index contributed by atoms with van der Waals surface area (Å²) < 4.78 is 64.5. The Morgan fingerprint density at radius 2 is 1.68 bits per heavy atom. The number of nitrogens with zero attached hydrogens (tertiary/aromatic N) is 1. The molecular formula is C9H16F3NO5S. The third-order valence-corrected chi connectivity index (χ3v) is 2.39. The van der Waals surface area contributed by atoms with Crippen LogP contribution in [0, 0.1) is 0 Å². The van der Waals surface area contributed by atoms with Crippen molar-refractivity contribution in [2.24, 2.45) is 0 Å². The van der Waals surface area contributed by atoms with E-state index in [9.17, 15) is 18.0 Å². The van der Waals surface area contributed by atoms with E-state index < -0.39 is 15.6 Å². The second kappa shape index (κ2) is 6.87. The van der Waals surface area contributed by atoms with E-state index >= 15 is 0 Å². The van der Waals surface area contributed by atoms with Gasteiger partial charge in [0.05, 0.1) is 21.1 Å². The zero-order valence-corrected chi connectivity index (χ0v) is 11.7. The predicted octanol–water partition coefficient (Wildman–Crippen LogP) is 0.819. The molecule has 0 heterocycles. The van der Waals surface area contributed by atoms with Crippen molar-refractivity contribution in [3.63, 3.8) is 0 Å². The molecule has 19 heavy (non-hydrogen) atoms. The Hall–Kier alpha value is -1.13. The third kappa shape index (κ3) is 9.45. The SMILES string of the molecule is C=CC(=O)OC(C)[N+](C)(C)C.O=S(=O)([O-])C(F)(F)F. The molecule has 0 amide bonds. The Kier molecular flexibility index (Phi) is 7.30. The van der Waals surface area contributed by atoms with Gasteiger partial charge in [0.25, 0.3) is 0 Å². The molecule has 0 saturated carbocycles. The first-order valence-corrected chi connectivity index (χ1v) is 6.20. The van der Waals surface area contributed by atoms with Crippen LogP contribution < -0.4 is 0 Å². The highest BCUT2D eigenvalue weighted by Crippen LogP contribution is 2.20. The summed E-state index contributed by atoms with van der Waals surface area (Å²) in [7, 11) is -0.212. The minimum absolute atomic E-state index is 0.138. The van der Waals surface area contributed by atoms with Crippen LogP contribution in [0.3, 0.4) is 0 Å². The molecule has 0 aromatic carbocycles. The fraction of sp³-hybridized carbons (Fsp3) is 0.667. The summed E-state index contributed by atoms with van der Waals surface area (Å²) in [6.45, 7) is 5.16. The average molecular weight is 307 g/mol. The van der Waals surface area contributed by atoms with Gasteiger partial charge in [0.15, 0.2) is 10.1 Å². The van der Waals surface area contributed by atoms with Crippen molar-refractivity contribution >= 4 is 16.1 Å². The Balaban J connectivity index is 0. The number of alkyl halides is 3. The lowest BCUT2D eigenvalue weighted by Gasteiger charge is -2.29. The molecule has 0 aromatic rings. The standard InChI is InChI=1S/C8H16NO2.CHF3O3S/c1-6-8(10)11-7(2)9(3,4)5;2-1(3,4)8(5,6)7/h6-7H,1H2,2-5H3;(H,5,6,7)/q+1;/p-1. The monoisotopic (exact) mass is 307 g/mol. The third-order valence-electron chi connectivity index (χ3n) is 1.83. The van der Waals surface area contributed by atoms with Crippen LogP contribution in [0.15, 0.2) is 12.7 Å². The molecule has 0 aliphatic heterocycles. The highest BCUT2D eigenvalue weighted by molar-refractivity contribution is 7.86. The van der Waals surface area contributed by atoms with Gasteiger partial charge in [-0.05, 0) is 0 Å². The Bertz CT molecular complexity index is 411. The van der Waals surface area contributed by atoms with E-state index in [-0.39, 0.29) is 12.2 Å². The second-order valence-electron chi connectivity index (χ2n) is 4.26. The smallest absolute Gasteiger partial charge is 0.485 e. The number of carbonyl (C=O) groups excluding carboxylic acids is 1. The number of esters is 1. The van der Waals surface area contributed by atoms with Crippen LogP contribution in [0.1, 0.15) is 6.92 Å². The van der Waals surface area contributed by atoms with Crippen molar-refractivity contribution in [1.29, 1.82) is 0 Å². The van der Waals surface area contributed by atoms with Crippen LogP contribution in [0.2, 0.25) is 0 Å². The number of quaternary nitrogens is 1. The predicted molar refractivity (Wildman–Crippen MR) is 59.5 cm³/mol. The summed E-state index contributed by atoms with van der Waals surface area (Å²) in [5.41, 5.74) is -5.65. The van der Waals surface area contributed by atoms with Crippen molar-refractivity contribution in [3.8, 4) is 0 Å². The summed E-state index contributed by atoms with van der Waals surface area (Å²) in [5.74, 6) is -0.370. The van der Waals surface area contributed by atoms with Gasteiger partial charge in [-0.2, -0.15) is 13.2 Å². The summed E-state index contributed by atoms with van der Waals surface area (Å²) in [5, 5.41) is 0.